The summed E-state index contributed by atoms with van der Waals surface area (Å²) < 4.78 is 23.2. The first-order valence-corrected chi connectivity index (χ1v) is 8.17. The molecule has 0 fully saturated rings. The second kappa shape index (κ2) is 5.44. The van der Waals surface area contributed by atoms with Gasteiger partial charge in [0.15, 0.2) is 9.84 Å². The number of hydrogen-bond donors (Lipinski definition) is 1. The van der Waals surface area contributed by atoms with Crippen LogP contribution >= 0.6 is 27.5 Å². The lowest BCUT2D eigenvalue weighted by Gasteiger charge is -2.08. The Hall–Kier alpha value is -1.18. The summed E-state index contributed by atoms with van der Waals surface area (Å²) in [5, 5.41) is 3.31. The number of anilines is 2. The first kappa shape index (κ1) is 14.2. The van der Waals surface area contributed by atoms with Crippen LogP contribution in [0.3, 0.4) is 0 Å². The topological polar surface area (TPSA) is 72.0 Å². The van der Waals surface area contributed by atoms with Crippen molar-refractivity contribution in [3.63, 3.8) is 0 Å². The van der Waals surface area contributed by atoms with Crippen molar-refractivity contribution in [1.29, 1.82) is 0 Å². The second-order valence-electron chi connectivity index (χ2n) is 3.75. The van der Waals surface area contributed by atoms with Gasteiger partial charge in [0.2, 0.25) is 0 Å². The lowest BCUT2D eigenvalue weighted by Crippen LogP contribution is -1.99. The lowest BCUT2D eigenvalue weighted by atomic mass is 10.3. The predicted molar refractivity (Wildman–Crippen MR) is 77.6 cm³/mol. The molecule has 0 radical (unpaired) electrons. The Morgan fingerprint density at radius 3 is 2.42 bits per heavy atom. The van der Waals surface area contributed by atoms with Gasteiger partial charge in [-0.1, -0.05) is 11.6 Å². The van der Waals surface area contributed by atoms with E-state index in [1.165, 1.54) is 18.5 Å². The summed E-state index contributed by atoms with van der Waals surface area (Å²) in [4.78, 5) is 8.11. The molecule has 5 nitrogen and oxygen atoms in total. The highest BCUT2D eigenvalue weighted by Crippen LogP contribution is 2.28. The highest BCUT2D eigenvalue weighted by molar-refractivity contribution is 9.10. The Bertz CT molecular complexity index is 704. The first-order valence-electron chi connectivity index (χ1n) is 5.11. The molecule has 0 spiro atoms. The zero-order valence-corrected chi connectivity index (χ0v) is 12.9. The zero-order valence-electron chi connectivity index (χ0n) is 9.76. The molecular formula is C11H9BrClN3O2S. The fourth-order valence-corrected chi connectivity index (χ4v) is 2.43. The Morgan fingerprint density at radius 2 is 1.84 bits per heavy atom. The predicted octanol–water partition coefficient (Wildman–Crippen LogP) is 3.04. The van der Waals surface area contributed by atoms with Crippen LogP contribution in [0.15, 0.2) is 40.0 Å². The molecule has 0 atom stereocenters. The summed E-state index contributed by atoms with van der Waals surface area (Å²) in [7, 11) is -3.19. The molecule has 100 valence electrons. The van der Waals surface area contributed by atoms with Crippen molar-refractivity contribution in [3.8, 4) is 0 Å². The van der Waals surface area contributed by atoms with E-state index >= 15 is 0 Å². The van der Waals surface area contributed by atoms with Gasteiger partial charge in [0, 0.05) is 11.9 Å². The van der Waals surface area contributed by atoms with E-state index in [9.17, 15) is 8.42 Å². The minimum atomic E-state index is -3.19. The molecule has 2 aromatic rings. The van der Waals surface area contributed by atoms with Crippen LogP contribution in [0.2, 0.25) is 5.15 Å². The minimum absolute atomic E-state index is 0.262. The van der Waals surface area contributed by atoms with E-state index in [0.29, 0.717) is 21.1 Å². The van der Waals surface area contributed by atoms with Crippen molar-refractivity contribution in [1.82, 2.24) is 9.97 Å². The number of aromatic nitrogens is 2. The van der Waals surface area contributed by atoms with Crippen LogP contribution < -0.4 is 5.32 Å². The van der Waals surface area contributed by atoms with E-state index in [-0.39, 0.29) is 4.90 Å². The molecule has 2 rings (SSSR count). The summed E-state index contributed by atoms with van der Waals surface area (Å²) in [5.41, 5.74) is 0.697. The number of halogens is 2. The van der Waals surface area contributed by atoms with E-state index in [1.807, 2.05) is 0 Å². The molecule has 1 aromatic heterocycles. The Kier molecular flexibility index (Phi) is 4.07. The van der Waals surface area contributed by atoms with Crippen LogP contribution in [0.25, 0.3) is 0 Å². The van der Waals surface area contributed by atoms with Gasteiger partial charge in [-0.15, -0.1) is 0 Å². The van der Waals surface area contributed by atoms with E-state index < -0.39 is 9.84 Å². The lowest BCUT2D eigenvalue weighted by molar-refractivity contribution is 0.602. The first-order chi connectivity index (χ1) is 8.88. The maximum absolute atomic E-state index is 11.3. The van der Waals surface area contributed by atoms with Crippen molar-refractivity contribution in [2.24, 2.45) is 0 Å². The molecule has 0 saturated carbocycles. The average Bonchev–Trinajstić information content (AvgIpc) is 2.35. The summed E-state index contributed by atoms with van der Waals surface area (Å²) in [5.74, 6) is 0.507. The molecule has 8 heteroatoms. The van der Waals surface area contributed by atoms with Gasteiger partial charge in [0.05, 0.1) is 9.37 Å². The molecule has 1 N–H and O–H groups in total. The van der Waals surface area contributed by atoms with Crippen LogP contribution in [-0.4, -0.2) is 24.6 Å². The molecule has 0 aliphatic rings. The van der Waals surface area contributed by atoms with Gasteiger partial charge in [-0.05, 0) is 40.2 Å². The van der Waals surface area contributed by atoms with Crippen LogP contribution in [0, 0.1) is 0 Å². The molecule has 19 heavy (non-hydrogen) atoms. The largest absolute Gasteiger partial charge is 0.339 e. The van der Waals surface area contributed by atoms with Gasteiger partial charge in [-0.3, -0.25) is 0 Å². The van der Waals surface area contributed by atoms with Crippen molar-refractivity contribution in [2.75, 3.05) is 11.6 Å². The van der Waals surface area contributed by atoms with Gasteiger partial charge >= 0.3 is 0 Å². The normalized spacial score (nSPS) is 11.3. The van der Waals surface area contributed by atoms with Crippen LogP contribution in [0.4, 0.5) is 11.5 Å². The number of benzene rings is 1. The molecular weight excluding hydrogens is 354 g/mol. The van der Waals surface area contributed by atoms with Crippen molar-refractivity contribution in [2.45, 2.75) is 4.90 Å². The van der Waals surface area contributed by atoms with E-state index in [1.54, 1.807) is 12.1 Å². The minimum Gasteiger partial charge on any atom is -0.339 e. The standard InChI is InChI=1S/C11H9BrClN3O2S/c1-19(17,18)8-4-2-7(3-5-8)16-11-9(12)10(13)14-6-15-11/h2-6H,1H3,(H,14,15,16). The van der Waals surface area contributed by atoms with Crippen LogP contribution in [-0.2, 0) is 9.84 Å². The smallest absolute Gasteiger partial charge is 0.175 e. The Morgan fingerprint density at radius 1 is 1.21 bits per heavy atom. The molecule has 0 bridgehead atoms. The number of nitrogens with zero attached hydrogens (tertiary/aromatic N) is 2. The van der Waals surface area contributed by atoms with Gasteiger partial charge in [-0.25, -0.2) is 18.4 Å². The molecule has 0 aliphatic heterocycles. The second-order valence-corrected chi connectivity index (χ2v) is 6.92. The third-order valence-electron chi connectivity index (χ3n) is 2.29. The molecule has 1 heterocycles. The van der Waals surface area contributed by atoms with Gasteiger partial charge < -0.3 is 5.32 Å². The molecule has 0 saturated heterocycles. The van der Waals surface area contributed by atoms with Crippen molar-refractivity contribution < 1.29 is 8.42 Å². The van der Waals surface area contributed by atoms with Gasteiger partial charge in [0.1, 0.15) is 17.3 Å². The molecule has 0 amide bonds. The highest BCUT2D eigenvalue weighted by Gasteiger charge is 2.09. The van der Waals surface area contributed by atoms with Gasteiger partial charge in [0.25, 0.3) is 0 Å². The number of nitrogens with one attached hydrogen (secondary N) is 1. The van der Waals surface area contributed by atoms with Crippen molar-refractivity contribution in [3.05, 3.63) is 40.2 Å². The molecule has 0 aliphatic carbocycles. The van der Waals surface area contributed by atoms with Crippen molar-refractivity contribution >= 4 is 48.9 Å². The van der Waals surface area contributed by atoms with Crippen LogP contribution in [0.5, 0.6) is 0 Å². The summed E-state index contributed by atoms with van der Waals surface area (Å²) in [6, 6.07) is 6.35. The van der Waals surface area contributed by atoms with E-state index in [2.05, 4.69) is 31.2 Å². The third-order valence-corrected chi connectivity index (χ3v) is 4.69. The summed E-state index contributed by atoms with van der Waals surface area (Å²) in [6.45, 7) is 0. The zero-order chi connectivity index (χ0) is 14.0. The average molecular weight is 363 g/mol. The van der Waals surface area contributed by atoms with Gasteiger partial charge in [-0.2, -0.15) is 0 Å². The van der Waals surface area contributed by atoms with Crippen LogP contribution in [0.1, 0.15) is 0 Å². The Balaban J connectivity index is 2.27. The fraction of sp³-hybridized carbons (Fsp3) is 0.0909. The monoisotopic (exact) mass is 361 g/mol. The molecule has 0 unspecified atom stereocenters. The maximum atomic E-state index is 11.3. The number of rotatable bonds is 3. The highest BCUT2D eigenvalue weighted by atomic mass is 79.9. The SMILES string of the molecule is CS(=O)(=O)c1ccc(Nc2ncnc(Cl)c2Br)cc1. The number of hydrogen-bond acceptors (Lipinski definition) is 5. The quantitative estimate of drug-likeness (QED) is 0.850. The summed E-state index contributed by atoms with van der Waals surface area (Å²) in [6.07, 6.45) is 2.50. The Labute approximate surface area is 124 Å². The molecule has 1 aromatic carbocycles. The summed E-state index contributed by atoms with van der Waals surface area (Å²) >= 11 is 9.12. The number of sulfone groups is 1. The maximum Gasteiger partial charge on any atom is 0.175 e. The third kappa shape index (κ3) is 3.43. The van der Waals surface area contributed by atoms with E-state index in [4.69, 9.17) is 11.6 Å². The fourth-order valence-electron chi connectivity index (χ4n) is 1.36. The van der Waals surface area contributed by atoms with E-state index in [0.717, 1.165) is 6.26 Å².